The van der Waals surface area contributed by atoms with E-state index in [2.05, 4.69) is 79.7 Å². The fraction of sp³-hybridized carbons (Fsp3) is 0.200. The minimum atomic E-state index is 0.818. The first kappa shape index (κ1) is 14.7. The van der Waals surface area contributed by atoms with Crippen molar-refractivity contribution in [2.75, 3.05) is 0 Å². The third-order valence-corrected chi connectivity index (χ3v) is 5.79. The smallest absolute Gasteiger partial charge is 0.0102 e. The molecule has 1 aliphatic carbocycles. The molecule has 0 heterocycles. The highest BCUT2D eigenvalue weighted by atomic mass is 14.2. The SMILES string of the molecule is CC1CCc2c(ccc3c2ccc2cc(-c4ccccc4)ccc23)C1. The van der Waals surface area contributed by atoms with E-state index in [1.807, 2.05) is 0 Å². The Morgan fingerprint density at radius 3 is 2.40 bits per heavy atom. The van der Waals surface area contributed by atoms with E-state index in [9.17, 15) is 0 Å². The normalized spacial score (nSPS) is 16.9. The second kappa shape index (κ2) is 5.74. The maximum Gasteiger partial charge on any atom is -0.0102 e. The van der Waals surface area contributed by atoms with Crippen molar-refractivity contribution in [3.8, 4) is 11.1 Å². The van der Waals surface area contributed by atoms with Crippen molar-refractivity contribution in [2.24, 2.45) is 5.92 Å². The van der Waals surface area contributed by atoms with Crippen LogP contribution < -0.4 is 0 Å². The summed E-state index contributed by atoms with van der Waals surface area (Å²) in [6.07, 6.45) is 3.77. The second-order valence-corrected chi connectivity index (χ2v) is 7.51. The van der Waals surface area contributed by atoms with Crippen LogP contribution in [0, 0.1) is 5.92 Å². The van der Waals surface area contributed by atoms with Crippen LogP contribution >= 0.6 is 0 Å². The molecule has 0 bridgehead atoms. The number of aryl methyl sites for hydroxylation is 1. The average Bonchev–Trinajstić information content (AvgIpc) is 2.67. The summed E-state index contributed by atoms with van der Waals surface area (Å²) in [7, 11) is 0. The standard InChI is InChI=1S/C25H22/c1-17-7-11-22-20(15-17)9-13-25-23-12-8-19(18-5-3-2-4-6-18)16-21(23)10-14-24(22)25/h2-6,8-10,12-14,16-17H,7,11,15H2,1H3. The fourth-order valence-corrected chi connectivity index (χ4v) is 4.42. The van der Waals surface area contributed by atoms with Crippen LogP contribution in [0.1, 0.15) is 24.5 Å². The Bertz CT molecular complexity index is 1070. The number of hydrogen-bond donors (Lipinski definition) is 0. The molecule has 0 saturated carbocycles. The zero-order chi connectivity index (χ0) is 16.8. The third kappa shape index (κ3) is 2.44. The zero-order valence-corrected chi connectivity index (χ0v) is 14.6. The number of fused-ring (bicyclic) bond motifs is 5. The van der Waals surface area contributed by atoms with Crippen molar-refractivity contribution in [1.29, 1.82) is 0 Å². The molecule has 0 nitrogen and oxygen atoms in total. The molecular weight excluding hydrogens is 300 g/mol. The van der Waals surface area contributed by atoms with Crippen molar-refractivity contribution < 1.29 is 0 Å². The lowest BCUT2D eigenvalue weighted by molar-refractivity contribution is 0.503. The summed E-state index contributed by atoms with van der Waals surface area (Å²) in [5, 5.41) is 5.58. The van der Waals surface area contributed by atoms with Crippen LogP contribution in [0.2, 0.25) is 0 Å². The van der Waals surface area contributed by atoms with Crippen LogP contribution in [0.15, 0.2) is 72.8 Å². The molecule has 0 heteroatoms. The van der Waals surface area contributed by atoms with Gasteiger partial charge in [0.15, 0.2) is 0 Å². The van der Waals surface area contributed by atoms with Gasteiger partial charge in [0, 0.05) is 0 Å². The average molecular weight is 322 g/mol. The van der Waals surface area contributed by atoms with E-state index in [0.29, 0.717) is 0 Å². The molecule has 0 N–H and O–H groups in total. The Labute approximate surface area is 149 Å². The molecule has 0 amide bonds. The van der Waals surface area contributed by atoms with Crippen molar-refractivity contribution in [3.63, 3.8) is 0 Å². The van der Waals surface area contributed by atoms with Gasteiger partial charge >= 0.3 is 0 Å². The van der Waals surface area contributed by atoms with E-state index in [4.69, 9.17) is 0 Å². The van der Waals surface area contributed by atoms with Gasteiger partial charge < -0.3 is 0 Å². The van der Waals surface area contributed by atoms with Gasteiger partial charge in [-0.3, -0.25) is 0 Å². The summed E-state index contributed by atoms with van der Waals surface area (Å²) in [4.78, 5) is 0. The predicted molar refractivity (Wildman–Crippen MR) is 108 cm³/mol. The number of rotatable bonds is 1. The number of hydrogen-bond acceptors (Lipinski definition) is 0. The quantitative estimate of drug-likeness (QED) is 0.339. The molecule has 0 radical (unpaired) electrons. The van der Waals surface area contributed by atoms with Crippen LogP contribution in [-0.4, -0.2) is 0 Å². The summed E-state index contributed by atoms with van der Waals surface area (Å²) in [5.74, 6) is 0.818. The summed E-state index contributed by atoms with van der Waals surface area (Å²) in [5.41, 5.74) is 5.72. The van der Waals surface area contributed by atoms with Gasteiger partial charge in [-0.25, -0.2) is 0 Å². The summed E-state index contributed by atoms with van der Waals surface area (Å²) < 4.78 is 0. The van der Waals surface area contributed by atoms with Crippen LogP contribution in [0.25, 0.3) is 32.7 Å². The van der Waals surface area contributed by atoms with Gasteiger partial charge in [0.05, 0.1) is 0 Å². The second-order valence-electron chi connectivity index (χ2n) is 7.51. The van der Waals surface area contributed by atoms with Crippen molar-refractivity contribution in [1.82, 2.24) is 0 Å². The molecular formula is C25H22. The largest absolute Gasteiger partial charge is 0.0622 e. The molecule has 0 aliphatic heterocycles. The fourth-order valence-electron chi connectivity index (χ4n) is 4.42. The van der Waals surface area contributed by atoms with Crippen LogP contribution in [0.3, 0.4) is 0 Å². The van der Waals surface area contributed by atoms with Gasteiger partial charge in [-0.05, 0) is 75.0 Å². The van der Waals surface area contributed by atoms with Crippen LogP contribution in [-0.2, 0) is 12.8 Å². The maximum absolute atomic E-state index is 2.37. The molecule has 4 aromatic rings. The van der Waals surface area contributed by atoms with Crippen LogP contribution in [0.4, 0.5) is 0 Å². The van der Waals surface area contributed by atoms with E-state index in [-0.39, 0.29) is 0 Å². The van der Waals surface area contributed by atoms with E-state index in [0.717, 1.165) is 5.92 Å². The molecule has 25 heavy (non-hydrogen) atoms. The van der Waals surface area contributed by atoms with Crippen LogP contribution in [0.5, 0.6) is 0 Å². The van der Waals surface area contributed by atoms with Gasteiger partial charge in [0.25, 0.3) is 0 Å². The Morgan fingerprint density at radius 2 is 1.52 bits per heavy atom. The monoisotopic (exact) mass is 322 g/mol. The first-order valence-electron chi connectivity index (χ1n) is 9.32. The van der Waals surface area contributed by atoms with E-state index < -0.39 is 0 Å². The van der Waals surface area contributed by atoms with Gasteiger partial charge in [-0.2, -0.15) is 0 Å². The molecule has 0 spiro atoms. The first-order chi connectivity index (χ1) is 12.3. The third-order valence-electron chi connectivity index (χ3n) is 5.79. The Kier molecular flexibility index (Phi) is 3.38. The zero-order valence-electron chi connectivity index (χ0n) is 14.6. The lowest BCUT2D eigenvalue weighted by Gasteiger charge is -2.23. The highest BCUT2D eigenvalue weighted by Crippen LogP contribution is 2.35. The summed E-state index contributed by atoms with van der Waals surface area (Å²) in [6, 6.07) is 26.9. The van der Waals surface area contributed by atoms with Gasteiger partial charge in [-0.1, -0.05) is 73.7 Å². The molecule has 5 rings (SSSR count). The minimum absolute atomic E-state index is 0.818. The van der Waals surface area contributed by atoms with Crippen molar-refractivity contribution in [3.05, 3.63) is 83.9 Å². The molecule has 122 valence electrons. The first-order valence-corrected chi connectivity index (χ1v) is 9.32. The molecule has 0 fully saturated rings. The lowest BCUT2D eigenvalue weighted by atomic mass is 9.82. The lowest BCUT2D eigenvalue weighted by Crippen LogP contribution is -2.11. The number of benzene rings is 4. The minimum Gasteiger partial charge on any atom is -0.0622 e. The highest BCUT2D eigenvalue weighted by molar-refractivity contribution is 6.09. The molecule has 1 atom stereocenters. The van der Waals surface area contributed by atoms with Gasteiger partial charge in [-0.15, -0.1) is 0 Å². The molecule has 1 unspecified atom stereocenters. The van der Waals surface area contributed by atoms with Crippen molar-refractivity contribution >= 4 is 21.5 Å². The van der Waals surface area contributed by atoms with Gasteiger partial charge in [0.1, 0.15) is 0 Å². The highest BCUT2D eigenvalue weighted by Gasteiger charge is 2.17. The topological polar surface area (TPSA) is 0 Å². The van der Waals surface area contributed by atoms with E-state index in [1.54, 1.807) is 11.1 Å². The summed E-state index contributed by atoms with van der Waals surface area (Å²) >= 11 is 0. The van der Waals surface area contributed by atoms with E-state index >= 15 is 0 Å². The molecule has 0 saturated heterocycles. The molecule has 1 aliphatic rings. The Hall–Kier alpha value is -2.60. The maximum atomic E-state index is 2.37. The van der Waals surface area contributed by atoms with Gasteiger partial charge in [0.2, 0.25) is 0 Å². The molecule has 4 aromatic carbocycles. The predicted octanol–water partition coefficient (Wildman–Crippen LogP) is 6.78. The van der Waals surface area contributed by atoms with E-state index in [1.165, 1.54) is 51.9 Å². The Balaban J connectivity index is 1.71. The molecule has 0 aromatic heterocycles. The van der Waals surface area contributed by atoms with Crippen molar-refractivity contribution in [2.45, 2.75) is 26.2 Å². The Morgan fingerprint density at radius 1 is 0.720 bits per heavy atom. The summed E-state index contributed by atoms with van der Waals surface area (Å²) in [6.45, 7) is 2.37.